The molecule has 114 valence electrons. The van der Waals surface area contributed by atoms with Crippen molar-refractivity contribution in [2.24, 2.45) is 5.10 Å². The van der Waals surface area contributed by atoms with Crippen LogP contribution < -0.4 is 5.43 Å². The number of benzene rings is 2. The Kier molecular flexibility index (Phi) is 3.84. The number of phenolic OH excluding ortho intramolecular Hbond substituents is 1. The summed E-state index contributed by atoms with van der Waals surface area (Å²) in [5.74, 6) is 0.485. The van der Waals surface area contributed by atoms with Crippen LogP contribution in [0.5, 0.6) is 5.75 Å². The lowest BCUT2D eigenvalue weighted by molar-refractivity contribution is -0.383. The zero-order valence-corrected chi connectivity index (χ0v) is 11.9. The van der Waals surface area contributed by atoms with E-state index >= 15 is 0 Å². The van der Waals surface area contributed by atoms with Crippen LogP contribution in [0.1, 0.15) is 5.56 Å². The van der Waals surface area contributed by atoms with Crippen LogP contribution in [0.3, 0.4) is 0 Å². The van der Waals surface area contributed by atoms with E-state index in [4.69, 9.17) is 0 Å². The van der Waals surface area contributed by atoms with Crippen LogP contribution in [0.25, 0.3) is 10.9 Å². The first-order chi connectivity index (χ1) is 11.1. The molecule has 23 heavy (non-hydrogen) atoms. The van der Waals surface area contributed by atoms with Gasteiger partial charge in [0, 0.05) is 17.0 Å². The maximum absolute atomic E-state index is 11.1. The number of rotatable bonds is 4. The summed E-state index contributed by atoms with van der Waals surface area (Å²) in [6.07, 6.45) is 1.45. The number of phenols is 1. The molecule has 7 nitrogen and oxygen atoms in total. The number of nitro benzene ring substituents is 1. The fraction of sp³-hybridized carbons (Fsp3) is 0. The van der Waals surface area contributed by atoms with E-state index in [1.165, 1.54) is 12.3 Å². The molecular weight excluding hydrogens is 296 g/mol. The minimum absolute atomic E-state index is 0.0594. The molecule has 0 aliphatic heterocycles. The lowest BCUT2D eigenvalue weighted by atomic mass is 10.2. The molecule has 2 aromatic carbocycles. The Balaban J connectivity index is 1.88. The molecule has 0 unspecified atom stereocenters. The maximum Gasteiger partial charge on any atom is 0.295 e. The van der Waals surface area contributed by atoms with Gasteiger partial charge in [-0.1, -0.05) is 24.3 Å². The Morgan fingerprint density at radius 3 is 2.74 bits per heavy atom. The second kappa shape index (κ2) is 6.10. The molecule has 0 amide bonds. The third kappa shape index (κ3) is 3.08. The standard InChI is InChI=1S/C16H12N4O3/c21-14-7-2-1-4-12(14)10-17-19-15-9-8-11-5-3-6-13(20(22)23)16(11)18-15/h1-10,21H,(H,18,19). The largest absolute Gasteiger partial charge is 0.507 e. The second-order valence-electron chi connectivity index (χ2n) is 4.73. The summed E-state index contributed by atoms with van der Waals surface area (Å²) in [4.78, 5) is 14.8. The van der Waals surface area contributed by atoms with Crippen molar-refractivity contribution in [1.82, 2.24) is 4.98 Å². The number of aromatic nitrogens is 1. The Morgan fingerprint density at radius 2 is 1.96 bits per heavy atom. The highest BCUT2D eigenvalue weighted by molar-refractivity contribution is 5.88. The van der Waals surface area contributed by atoms with E-state index in [1.54, 1.807) is 48.5 Å². The molecule has 0 saturated carbocycles. The first-order valence-electron chi connectivity index (χ1n) is 6.76. The molecule has 2 N–H and O–H groups in total. The van der Waals surface area contributed by atoms with Crippen molar-refractivity contribution < 1.29 is 10.0 Å². The maximum atomic E-state index is 11.1. The third-order valence-corrected chi connectivity index (χ3v) is 3.22. The molecule has 0 saturated heterocycles. The molecule has 0 aliphatic rings. The highest BCUT2D eigenvalue weighted by Gasteiger charge is 2.12. The number of nitrogens with zero attached hydrogens (tertiary/aromatic N) is 3. The van der Waals surface area contributed by atoms with Crippen molar-refractivity contribution >= 4 is 28.6 Å². The van der Waals surface area contributed by atoms with Crippen LogP contribution in [-0.4, -0.2) is 21.2 Å². The number of anilines is 1. The number of hydrogen-bond acceptors (Lipinski definition) is 6. The molecular formula is C16H12N4O3. The molecule has 0 spiro atoms. The average Bonchev–Trinajstić information content (AvgIpc) is 2.56. The van der Waals surface area contributed by atoms with Crippen molar-refractivity contribution in [3.8, 4) is 5.75 Å². The van der Waals surface area contributed by atoms with Gasteiger partial charge in [0.2, 0.25) is 0 Å². The Hall–Kier alpha value is -3.48. The monoisotopic (exact) mass is 308 g/mol. The quantitative estimate of drug-likeness (QED) is 0.437. The highest BCUT2D eigenvalue weighted by Crippen LogP contribution is 2.24. The van der Waals surface area contributed by atoms with E-state index in [9.17, 15) is 15.2 Å². The van der Waals surface area contributed by atoms with E-state index in [1.807, 2.05) is 0 Å². The van der Waals surface area contributed by atoms with Crippen molar-refractivity contribution in [2.75, 3.05) is 5.43 Å². The lowest BCUT2D eigenvalue weighted by Gasteiger charge is -2.03. The van der Waals surface area contributed by atoms with Gasteiger partial charge in [0.05, 0.1) is 11.1 Å². The fourth-order valence-electron chi connectivity index (χ4n) is 2.11. The zero-order valence-electron chi connectivity index (χ0n) is 11.9. The summed E-state index contributed by atoms with van der Waals surface area (Å²) in [5.41, 5.74) is 3.48. The van der Waals surface area contributed by atoms with Crippen molar-refractivity contribution in [2.45, 2.75) is 0 Å². The van der Waals surface area contributed by atoms with Crippen molar-refractivity contribution in [1.29, 1.82) is 0 Å². The number of hydrogen-bond donors (Lipinski definition) is 2. The molecule has 3 rings (SSSR count). The number of aromatic hydroxyl groups is 1. The molecule has 0 radical (unpaired) electrons. The van der Waals surface area contributed by atoms with Gasteiger partial charge in [-0.3, -0.25) is 15.5 Å². The van der Waals surface area contributed by atoms with Crippen molar-refractivity contribution in [3.05, 3.63) is 70.3 Å². The van der Waals surface area contributed by atoms with E-state index in [2.05, 4.69) is 15.5 Å². The number of fused-ring (bicyclic) bond motifs is 1. The van der Waals surface area contributed by atoms with Crippen LogP contribution >= 0.6 is 0 Å². The molecule has 0 fully saturated rings. The molecule has 0 bridgehead atoms. The molecule has 0 atom stereocenters. The van der Waals surface area contributed by atoms with Crippen LogP contribution in [0.2, 0.25) is 0 Å². The normalized spacial score (nSPS) is 11.0. The number of nitro groups is 1. The summed E-state index contributed by atoms with van der Waals surface area (Å²) in [5, 5.41) is 25.3. The fourth-order valence-corrected chi connectivity index (χ4v) is 2.11. The van der Waals surface area contributed by atoms with E-state index < -0.39 is 4.92 Å². The van der Waals surface area contributed by atoms with Gasteiger partial charge >= 0.3 is 0 Å². The van der Waals surface area contributed by atoms with Gasteiger partial charge in [0.25, 0.3) is 5.69 Å². The number of non-ortho nitro benzene ring substituents is 1. The van der Waals surface area contributed by atoms with Gasteiger partial charge in [-0.2, -0.15) is 5.10 Å². The zero-order chi connectivity index (χ0) is 16.2. The minimum Gasteiger partial charge on any atom is -0.507 e. The molecule has 1 aromatic heterocycles. The van der Waals surface area contributed by atoms with Gasteiger partial charge < -0.3 is 5.11 Å². The summed E-state index contributed by atoms with van der Waals surface area (Å²) in [7, 11) is 0. The van der Waals surface area contributed by atoms with Crippen molar-refractivity contribution in [3.63, 3.8) is 0 Å². The highest BCUT2D eigenvalue weighted by atomic mass is 16.6. The van der Waals surface area contributed by atoms with Gasteiger partial charge in [0.1, 0.15) is 11.6 Å². The number of hydrazone groups is 1. The molecule has 0 aliphatic carbocycles. The Morgan fingerprint density at radius 1 is 1.13 bits per heavy atom. The summed E-state index contributed by atoms with van der Waals surface area (Å²) < 4.78 is 0. The number of nitrogens with one attached hydrogen (secondary N) is 1. The Labute approximate surface area is 131 Å². The lowest BCUT2D eigenvalue weighted by Crippen LogP contribution is -1.96. The average molecular weight is 308 g/mol. The first-order valence-corrected chi connectivity index (χ1v) is 6.76. The van der Waals surface area contributed by atoms with Gasteiger partial charge in [-0.25, -0.2) is 4.98 Å². The minimum atomic E-state index is -0.468. The number of para-hydroxylation sites is 2. The molecule has 1 heterocycles. The van der Waals surface area contributed by atoms with Gasteiger partial charge in [-0.15, -0.1) is 0 Å². The summed E-state index contributed by atoms with van der Waals surface area (Å²) in [6, 6.07) is 14.9. The van der Waals surface area contributed by atoms with Crippen LogP contribution in [0.4, 0.5) is 11.5 Å². The topological polar surface area (TPSA) is 101 Å². The van der Waals surface area contributed by atoms with Crippen LogP contribution in [-0.2, 0) is 0 Å². The third-order valence-electron chi connectivity index (χ3n) is 3.22. The first kappa shape index (κ1) is 14.5. The smallest absolute Gasteiger partial charge is 0.295 e. The molecule has 3 aromatic rings. The van der Waals surface area contributed by atoms with Crippen LogP contribution in [0.15, 0.2) is 59.7 Å². The predicted molar refractivity (Wildman–Crippen MR) is 87.7 cm³/mol. The Bertz CT molecular complexity index is 909. The van der Waals surface area contributed by atoms with E-state index in [0.29, 0.717) is 22.3 Å². The SMILES string of the molecule is O=[N+]([O-])c1cccc2ccc(NN=Cc3ccccc3O)nc12. The summed E-state index contributed by atoms with van der Waals surface area (Å²) in [6.45, 7) is 0. The predicted octanol–water partition coefficient (Wildman–Crippen LogP) is 3.29. The van der Waals surface area contributed by atoms with E-state index in [0.717, 1.165) is 0 Å². The van der Waals surface area contributed by atoms with E-state index in [-0.39, 0.29) is 11.4 Å². The van der Waals surface area contributed by atoms with Gasteiger partial charge in [0.15, 0.2) is 5.52 Å². The molecule has 7 heteroatoms. The number of pyridine rings is 1. The second-order valence-corrected chi connectivity index (χ2v) is 4.73. The summed E-state index contributed by atoms with van der Waals surface area (Å²) >= 11 is 0. The van der Waals surface area contributed by atoms with Crippen LogP contribution in [0, 0.1) is 10.1 Å². The van der Waals surface area contributed by atoms with Gasteiger partial charge in [-0.05, 0) is 24.3 Å².